The molecule has 3 unspecified atom stereocenters. The van der Waals surface area contributed by atoms with Gasteiger partial charge < -0.3 is 16.5 Å². The van der Waals surface area contributed by atoms with Crippen molar-refractivity contribution in [1.29, 1.82) is 0 Å². The first-order valence-corrected chi connectivity index (χ1v) is 25.2. The van der Waals surface area contributed by atoms with Crippen molar-refractivity contribution in [2.45, 2.75) is 90.4 Å². The molecule has 2 aliphatic carbocycles. The van der Waals surface area contributed by atoms with E-state index in [2.05, 4.69) is 84.2 Å². The Hall–Kier alpha value is 0.664. The topological polar surface area (TPSA) is 36.9 Å². The van der Waals surface area contributed by atoms with Crippen LogP contribution in [-0.2, 0) is 16.5 Å². The van der Waals surface area contributed by atoms with Crippen LogP contribution in [0.3, 0.4) is 0 Å². The molecule has 0 aromatic rings. The van der Waals surface area contributed by atoms with Crippen LogP contribution in [0, 0.1) is 11.8 Å². The van der Waals surface area contributed by atoms with Crippen molar-refractivity contribution in [3.05, 3.63) is 12.2 Å². The zero-order valence-corrected chi connectivity index (χ0v) is 24.4. The van der Waals surface area contributed by atoms with Crippen LogP contribution in [-0.4, -0.2) is 42.3 Å². The maximum absolute atomic E-state index is 6.87. The summed E-state index contributed by atoms with van der Waals surface area (Å²) in [5, 5.41) is 0. The van der Waals surface area contributed by atoms with Crippen molar-refractivity contribution in [3.63, 3.8) is 0 Å². The van der Waals surface area contributed by atoms with Crippen LogP contribution < -0.4 is 0 Å². The van der Waals surface area contributed by atoms with E-state index in [-0.39, 0.29) is 0 Å². The van der Waals surface area contributed by atoms with Crippen LogP contribution in [0.4, 0.5) is 0 Å². The molecule has 0 aromatic heterocycles. The molecule has 0 aromatic carbocycles. The highest BCUT2D eigenvalue weighted by atomic mass is 28.5. The molecule has 3 atom stereocenters. The Morgan fingerprint density at radius 3 is 1.48 bits per heavy atom. The van der Waals surface area contributed by atoms with E-state index in [1.165, 1.54) is 12.8 Å². The Labute approximate surface area is 173 Å². The fourth-order valence-corrected chi connectivity index (χ4v) is 30.1. The molecular formula is C18H42O4Si5. The van der Waals surface area contributed by atoms with Crippen molar-refractivity contribution >= 4 is 42.3 Å². The van der Waals surface area contributed by atoms with E-state index in [0.29, 0.717) is 0 Å². The van der Waals surface area contributed by atoms with E-state index in [0.717, 1.165) is 17.4 Å². The number of rotatable bonds is 9. The van der Waals surface area contributed by atoms with Gasteiger partial charge in [0.2, 0.25) is 0 Å². The zero-order chi connectivity index (χ0) is 20.9. The molecule has 0 aliphatic heterocycles. The number of allylic oxidation sites excluding steroid dienone is 2. The van der Waals surface area contributed by atoms with Gasteiger partial charge in [-0.15, -0.1) is 0 Å². The Kier molecular flexibility index (Phi) is 6.85. The average molecular weight is 463 g/mol. The van der Waals surface area contributed by atoms with Gasteiger partial charge in [-0.2, -0.15) is 0 Å². The SMILES string of the molecule is C[Si](C)(C)O[Si](C)(C)O[Si](C)(C)O[Si](C)(C)O[Si](C)(C)C1CC2C=CC1C2. The summed E-state index contributed by atoms with van der Waals surface area (Å²) in [5.74, 6) is 1.53. The molecule has 2 rings (SSSR count). The first-order chi connectivity index (χ1) is 11.9. The Balaban J connectivity index is 2.00. The zero-order valence-electron chi connectivity index (χ0n) is 19.4. The van der Waals surface area contributed by atoms with Crippen molar-refractivity contribution in [2.75, 3.05) is 0 Å². The molecule has 0 amide bonds. The third-order valence-corrected chi connectivity index (χ3v) is 24.0. The van der Waals surface area contributed by atoms with Crippen molar-refractivity contribution in [1.82, 2.24) is 0 Å². The van der Waals surface area contributed by atoms with Crippen LogP contribution in [0.2, 0.25) is 77.6 Å². The van der Waals surface area contributed by atoms with Gasteiger partial charge in [-0.25, -0.2) is 0 Å². The molecule has 4 nitrogen and oxygen atoms in total. The minimum absolute atomic E-state index is 0.731. The van der Waals surface area contributed by atoms with Crippen LogP contribution in [0.1, 0.15) is 12.8 Å². The molecule has 1 fully saturated rings. The van der Waals surface area contributed by atoms with E-state index in [9.17, 15) is 0 Å². The standard InChI is InChI=1S/C18H42O4Si5/c1-23(2,3)19-25(6,7)21-27(10,11)22-26(8,9)20-24(4,5)18-15-16-12-13-17(18)14-16/h12-13,16-18H,14-15H2,1-11H3. The minimum Gasteiger partial charge on any atom is -0.437 e. The monoisotopic (exact) mass is 462 g/mol. The second kappa shape index (κ2) is 7.73. The van der Waals surface area contributed by atoms with Gasteiger partial charge in [0.1, 0.15) is 0 Å². The smallest absolute Gasteiger partial charge is 0.314 e. The van der Waals surface area contributed by atoms with Gasteiger partial charge in [0.05, 0.1) is 0 Å². The first-order valence-electron chi connectivity index (χ1n) is 10.4. The van der Waals surface area contributed by atoms with Gasteiger partial charge in [0.25, 0.3) is 0 Å². The molecule has 158 valence electrons. The van der Waals surface area contributed by atoms with Crippen molar-refractivity contribution in [2.24, 2.45) is 11.8 Å². The second-order valence-corrected chi connectivity index (χ2v) is 31.0. The highest BCUT2D eigenvalue weighted by Crippen LogP contribution is 2.52. The Morgan fingerprint density at radius 2 is 1.07 bits per heavy atom. The molecule has 0 spiro atoms. The first kappa shape index (κ1) is 23.9. The van der Waals surface area contributed by atoms with Crippen LogP contribution in [0.5, 0.6) is 0 Å². The maximum atomic E-state index is 6.87. The van der Waals surface area contributed by atoms with E-state index < -0.39 is 42.3 Å². The molecule has 9 heteroatoms. The average Bonchev–Trinajstić information content (AvgIpc) is 2.91. The Morgan fingerprint density at radius 1 is 0.593 bits per heavy atom. The fourth-order valence-electron chi connectivity index (χ4n) is 5.27. The molecule has 2 bridgehead atoms. The second-order valence-electron chi connectivity index (χ2n) is 11.2. The third-order valence-electron chi connectivity index (χ3n) is 5.22. The van der Waals surface area contributed by atoms with Crippen LogP contribution >= 0.6 is 0 Å². The van der Waals surface area contributed by atoms with Crippen molar-refractivity contribution in [3.8, 4) is 0 Å². The highest BCUT2D eigenvalue weighted by molar-refractivity contribution is 6.90. The summed E-state index contributed by atoms with van der Waals surface area (Å²) in [7, 11) is -10.3. The van der Waals surface area contributed by atoms with E-state index >= 15 is 0 Å². The molecule has 0 N–H and O–H groups in total. The predicted octanol–water partition coefficient (Wildman–Crippen LogP) is 6.16. The third kappa shape index (κ3) is 7.14. The summed E-state index contributed by atoms with van der Waals surface area (Å²) in [6.45, 7) is 24.5. The molecule has 2 aliphatic rings. The van der Waals surface area contributed by atoms with Gasteiger partial charge >= 0.3 is 25.7 Å². The van der Waals surface area contributed by atoms with Crippen LogP contribution in [0.25, 0.3) is 0 Å². The van der Waals surface area contributed by atoms with Gasteiger partial charge in [-0.3, -0.25) is 0 Å². The van der Waals surface area contributed by atoms with Gasteiger partial charge in [0.15, 0.2) is 16.6 Å². The molecule has 0 radical (unpaired) electrons. The molecular weight excluding hydrogens is 421 g/mol. The number of hydrogen-bond acceptors (Lipinski definition) is 4. The lowest BCUT2D eigenvalue weighted by atomic mass is 10.1. The maximum Gasteiger partial charge on any atom is 0.314 e. The largest absolute Gasteiger partial charge is 0.437 e. The molecule has 27 heavy (non-hydrogen) atoms. The lowest BCUT2D eigenvalue weighted by Crippen LogP contribution is -2.59. The van der Waals surface area contributed by atoms with E-state index in [4.69, 9.17) is 16.5 Å². The molecule has 0 heterocycles. The van der Waals surface area contributed by atoms with Crippen molar-refractivity contribution < 1.29 is 16.5 Å². The summed E-state index contributed by atoms with van der Waals surface area (Å²) < 4.78 is 26.5. The number of fused-ring (bicyclic) bond motifs is 2. The van der Waals surface area contributed by atoms with E-state index in [1.54, 1.807) is 0 Å². The summed E-state index contributed by atoms with van der Waals surface area (Å²) in [4.78, 5) is 0. The Bertz CT molecular complexity index is 569. The van der Waals surface area contributed by atoms with E-state index in [1.807, 2.05) is 0 Å². The normalized spacial score (nSPS) is 26.9. The summed E-state index contributed by atoms with van der Waals surface area (Å²) in [6, 6.07) is 0. The minimum atomic E-state index is -2.33. The molecule has 0 saturated heterocycles. The van der Waals surface area contributed by atoms with Gasteiger partial charge in [-0.1, -0.05) is 12.2 Å². The summed E-state index contributed by atoms with van der Waals surface area (Å²) in [6.07, 6.45) is 7.51. The van der Waals surface area contributed by atoms with Crippen LogP contribution in [0.15, 0.2) is 12.2 Å². The quantitative estimate of drug-likeness (QED) is 0.303. The molecule has 1 saturated carbocycles. The summed E-state index contributed by atoms with van der Waals surface area (Å²) >= 11 is 0. The summed E-state index contributed by atoms with van der Waals surface area (Å²) in [5.41, 5.74) is 0.731. The predicted molar refractivity (Wildman–Crippen MR) is 127 cm³/mol. The van der Waals surface area contributed by atoms with Gasteiger partial charge in [-0.05, 0) is 102 Å². The lowest BCUT2D eigenvalue weighted by Gasteiger charge is -2.44. The fraction of sp³-hybridized carbons (Fsp3) is 0.889. The lowest BCUT2D eigenvalue weighted by molar-refractivity contribution is 0.296. The van der Waals surface area contributed by atoms with Gasteiger partial charge in [0, 0.05) is 0 Å². The number of hydrogen-bond donors (Lipinski definition) is 0. The highest BCUT2D eigenvalue weighted by Gasteiger charge is 2.50.